The molecule has 254 valence electrons. The van der Waals surface area contributed by atoms with Gasteiger partial charge in [0.1, 0.15) is 13.1 Å². The molecule has 0 bridgehead atoms. The third-order valence-corrected chi connectivity index (χ3v) is 9.68. The van der Waals surface area contributed by atoms with E-state index >= 15 is 0 Å². The van der Waals surface area contributed by atoms with Gasteiger partial charge in [-0.25, -0.2) is 4.58 Å². The summed E-state index contributed by atoms with van der Waals surface area (Å²) in [6, 6.07) is 36.0. The van der Waals surface area contributed by atoms with Gasteiger partial charge >= 0.3 is 0 Å². The molecule has 1 aliphatic carbocycles. The van der Waals surface area contributed by atoms with Crippen molar-refractivity contribution in [1.82, 2.24) is 4.58 Å². The minimum atomic E-state index is 0.990. The minimum Gasteiger partial charge on any atom is -0.372 e. The van der Waals surface area contributed by atoms with Crippen molar-refractivity contribution >= 4 is 51.2 Å². The molecule has 0 atom stereocenters. The van der Waals surface area contributed by atoms with Gasteiger partial charge in [-0.15, -0.1) is 0 Å². The van der Waals surface area contributed by atoms with Crippen molar-refractivity contribution in [1.29, 1.82) is 0 Å². The third kappa shape index (κ3) is 8.05. The highest BCUT2D eigenvalue weighted by Crippen LogP contribution is 2.37. The Bertz CT molecular complexity index is 1690. The largest absolute Gasteiger partial charge is 0.372 e. The van der Waals surface area contributed by atoms with Gasteiger partial charge in [-0.05, 0) is 114 Å². The summed E-state index contributed by atoms with van der Waals surface area (Å²) in [5.74, 6) is 0. The van der Waals surface area contributed by atoms with Crippen LogP contribution in [0, 0.1) is 0 Å². The van der Waals surface area contributed by atoms with Gasteiger partial charge < -0.3 is 14.7 Å². The first-order valence-corrected chi connectivity index (χ1v) is 18.3. The van der Waals surface area contributed by atoms with E-state index in [0.717, 1.165) is 79.8 Å². The van der Waals surface area contributed by atoms with Crippen LogP contribution in [0.15, 0.2) is 121 Å². The fourth-order valence-electron chi connectivity index (χ4n) is 6.73. The van der Waals surface area contributed by atoms with Crippen LogP contribution in [0.4, 0.5) is 39.8 Å². The average molecular weight is 654 g/mol. The zero-order chi connectivity index (χ0) is 34.8. The molecule has 0 N–H and O–H groups in total. The lowest BCUT2D eigenvalue weighted by Crippen LogP contribution is -2.22. The summed E-state index contributed by atoms with van der Waals surface area (Å²) in [6.07, 6.45) is 10.0. The number of anilines is 5. The molecule has 4 aromatic carbocycles. The zero-order valence-corrected chi connectivity index (χ0v) is 30.7. The van der Waals surface area contributed by atoms with Crippen molar-refractivity contribution in [3.63, 3.8) is 0 Å². The SMILES string of the molecule is CCc1ccc([N+](=C2C=CC(=[N+](CC)CC)C=C2)c2ccc(N(c3ccc(N(CC)CC)cc3)c3ccc(N(CC)CC)cc3)cc2)cc1. The van der Waals surface area contributed by atoms with E-state index in [4.69, 9.17) is 0 Å². The van der Waals surface area contributed by atoms with E-state index in [9.17, 15) is 0 Å². The van der Waals surface area contributed by atoms with E-state index in [1.54, 1.807) is 0 Å². The van der Waals surface area contributed by atoms with E-state index in [2.05, 4.69) is 194 Å². The Balaban J connectivity index is 1.59. The van der Waals surface area contributed by atoms with Crippen LogP contribution >= 0.6 is 0 Å². The predicted molar refractivity (Wildman–Crippen MR) is 215 cm³/mol. The lowest BCUT2D eigenvalue weighted by atomic mass is 10.1. The van der Waals surface area contributed by atoms with Crippen molar-refractivity contribution in [3.05, 3.63) is 127 Å². The molecule has 0 radical (unpaired) electrons. The van der Waals surface area contributed by atoms with E-state index in [0.29, 0.717) is 0 Å². The van der Waals surface area contributed by atoms with Crippen LogP contribution in [-0.2, 0) is 6.42 Å². The number of benzene rings is 4. The summed E-state index contributed by atoms with van der Waals surface area (Å²) < 4.78 is 4.74. The molecule has 0 amide bonds. The fraction of sp³-hybridized carbons (Fsp3) is 0.318. The maximum absolute atomic E-state index is 2.39. The highest BCUT2D eigenvalue weighted by Gasteiger charge is 2.22. The Morgan fingerprint density at radius 1 is 0.408 bits per heavy atom. The van der Waals surface area contributed by atoms with Crippen LogP contribution in [-0.4, -0.2) is 55.3 Å². The number of rotatable bonds is 14. The highest BCUT2D eigenvalue weighted by molar-refractivity contribution is 6.18. The first kappa shape index (κ1) is 35.4. The van der Waals surface area contributed by atoms with Crippen LogP contribution in [0.1, 0.15) is 54.0 Å². The zero-order valence-electron chi connectivity index (χ0n) is 30.7. The summed E-state index contributed by atoms with van der Waals surface area (Å²) in [4.78, 5) is 7.14. The predicted octanol–water partition coefficient (Wildman–Crippen LogP) is 10.3. The van der Waals surface area contributed by atoms with Gasteiger partial charge in [0.05, 0.1) is 0 Å². The first-order chi connectivity index (χ1) is 24.0. The Morgan fingerprint density at radius 2 is 0.755 bits per heavy atom. The van der Waals surface area contributed by atoms with Gasteiger partial charge in [-0.3, -0.25) is 0 Å². The maximum atomic E-state index is 2.39. The molecule has 0 fully saturated rings. The van der Waals surface area contributed by atoms with Gasteiger partial charge in [0, 0.05) is 103 Å². The Kier molecular flexibility index (Phi) is 12.3. The second-order valence-electron chi connectivity index (χ2n) is 12.3. The second kappa shape index (κ2) is 17.0. The lowest BCUT2D eigenvalue weighted by Gasteiger charge is -2.28. The molecule has 0 heterocycles. The summed E-state index contributed by atoms with van der Waals surface area (Å²) >= 11 is 0. The third-order valence-electron chi connectivity index (χ3n) is 9.68. The van der Waals surface area contributed by atoms with E-state index < -0.39 is 0 Å². The monoisotopic (exact) mass is 653 g/mol. The summed E-state index contributed by atoms with van der Waals surface area (Å²) in [7, 11) is 0. The highest BCUT2D eigenvalue weighted by atomic mass is 15.2. The van der Waals surface area contributed by atoms with E-state index in [1.807, 2.05) is 0 Å². The molecular formula is C44H55N5+2. The molecule has 0 aliphatic heterocycles. The van der Waals surface area contributed by atoms with Gasteiger partial charge in [-0.1, -0.05) is 19.1 Å². The fourth-order valence-corrected chi connectivity index (χ4v) is 6.73. The van der Waals surface area contributed by atoms with E-state index in [-0.39, 0.29) is 0 Å². The molecule has 5 nitrogen and oxygen atoms in total. The van der Waals surface area contributed by atoms with Crippen LogP contribution in [0.5, 0.6) is 0 Å². The quantitative estimate of drug-likeness (QED) is 0.0995. The number of allylic oxidation sites excluding steroid dienone is 4. The summed E-state index contributed by atoms with van der Waals surface area (Å²) in [5.41, 5.74) is 11.9. The molecule has 0 unspecified atom stereocenters. The molecule has 49 heavy (non-hydrogen) atoms. The molecule has 5 rings (SSSR count). The van der Waals surface area contributed by atoms with Gasteiger partial charge in [-0.2, -0.15) is 4.58 Å². The second-order valence-corrected chi connectivity index (χ2v) is 12.3. The van der Waals surface area contributed by atoms with Crippen LogP contribution < -0.4 is 19.3 Å². The van der Waals surface area contributed by atoms with Crippen molar-refractivity contribution in [2.45, 2.75) is 54.9 Å². The van der Waals surface area contributed by atoms with Crippen LogP contribution in [0.3, 0.4) is 0 Å². The molecular weight excluding hydrogens is 599 g/mol. The molecule has 0 saturated carbocycles. The molecule has 0 spiro atoms. The van der Waals surface area contributed by atoms with Crippen LogP contribution in [0.25, 0.3) is 0 Å². The van der Waals surface area contributed by atoms with E-state index in [1.165, 1.54) is 22.6 Å². The summed E-state index contributed by atoms with van der Waals surface area (Å²) in [6.45, 7) is 21.4. The van der Waals surface area contributed by atoms with Crippen molar-refractivity contribution in [2.24, 2.45) is 0 Å². The van der Waals surface area contributed by atoms with Gasteiger partial charge in [0.25, 0.3) is 0 Å². The molecule has 5 heteroatoms. The Labute approximate surface area is 295 Å². The molecule has 0 saturated heterocycles. The van der Waals surface area contributed by atoms with Crippen molar-refractivity contribution in [3.8, 4) is 0 Å². The molecule has 4 aromatic rings. The smallest absolute Gasteiger partial charge is 0.212 e. The van der Waals surface area contributed by atoms with Crippen molar-refractivity contribution in [2.75, 3.05) is 54.0 Å². The normalized spacial score (nSPS) is 12.3. The van der Waals surface area contributed by atoms with Crippen LogP contribution in [0.2, 0.25) is 0 Å². The Hall–Kier alpha value is -4.90. The number of nitrogens with zero attached hydrogens (tertiary/aromatic N) is 5. The molecule has 1 aliphatic rings. The number of aryl methyl sites for hydroxylation is 1. The van der Waals surface area contributed by atoms with Gasteiger partial charge in [0.2, 0.25) is 17.1 Å². The van der Waals surface area contributed by atoms with Gasteiger partial charge in [0.15, 0.2) is 5.71 Å². The Morgan fingerprint density at radius 3 is 1.12 bits per heavy atom. The first-order valence-electron chi connectivity index (χ1n) is 18.3. The topological polar surface area (TPSA) is 15.7 Å². The summed E-state index contributed by atoms with van der Waals surface area (Å²) in [5, 5.41) is 0. The average Bonchev–Trinajstić information content (AvgIpc) is 3.16. The molecule has 0 aromatic heterocycles. The number of hydrogen-bond donors (Lipinski definition) is 0. The van der Waals surface area contributed by atoms with Crippen molar-refractivity contribution < 1.29 is 4.58 Å². The maximum Gasteiger partial charge on any atom is 0.212 e. The standard InChI is InChI=1S/C44H55N5/c1-8-35-15-17-39(18-16-35)48(40-25-19-36(20-26-40)45(9-2)10-3)43-31-33-44(34-32-43)49(41-27-21-37(22-28-41)46(11-4)12-5)42-29-23-38(24-30-42)47(13-6)14-7/h15-34H,8-14H2,1-7H3/q+2. The minimum absolute atomic E-state index is 0.990. The number of hydrogen-bond acceptors (Lipinski definition) is 3. The lowest BCUT2D eigenvalue weighted by molar-refractivity contribution is -0.519.